The second-order valence-corrected chi connectivity index (χ2v) is 8.94. The van der Waals surface area contributed by atoms with Gasteiger partial charge < -0.3 is 5.32 Å². The van der Waals surface area contributed by atoms with E-state index in [1.54, 1.807) is 18.2 Å². The van der Waals surface area contributed by atoms with E-state index in [1.807, 2.05) is 46.8 Å². The summed E-state index contributed by atoms with van der Waals surface area (Å²) in [5.41, 5.74) is 5.84. The lowest BCUT2D eigenvalue weighted by Gasteiger charge is -2.19. The number of hydrazine groups is 1. The monoisotopic (exact) mass is 375 g/mol. The minimum absolute atomic E-state index is 0.0694. The van der Waals surface area contributed by atoms with E-state index in [-0.39, 0.29) is 10.3 Å². The second kappa shape index (κ2) is 7.47. The summed E-state index contributed by atoms with van der Waals surface area (Å²) in [5, 5.41) is 2.59. The molecule has 0 aromatic heterocycles. The fourth-order valence-electron chi connectivity index (χ4n) is 2.29. The highest BCUT2D eigenvalue weighted by atomic mass is 32.2. The molecule has 0 bridgehead atoms. The van der Waals surface area contributed by atoms with Gasteiger partial charge in [-0.2, -0.15) is 0 Å². The van der Waals surface area contributed by atoms with Crippen LogP contribution in [0.25, 0.3) is 0 Å². The van der Waals surface area contributed by atoms with Crippen LogP contribution in [0.15, 0.2) is 47.4 Å². The minimum Gasteiger partial charge on any atom is -0.307 e. The van der Waals surface area contributed by atoms with Gasteiger partial charge in [0, 0.05) is 5.69 Å². The first-order valence-corrected chi connectivity index (χ1v) is 9.74. The molecule has 2 aromatic carbocycles. The van der Waals surface area contributed by atoms with E-state index in [2.05, 4.69) is 15.6 Å². The summed E-state index contributed by atoms with van der Waals surface area (Å²) < 4.78 is 24.6. The molecule has 3 N–H and O–H groups in total. The molecule has 0 heterocycles. The number of hydrogen-bond donors (Lipinski definition) is 3. The Morgan fingerprint density at radius 3 is 2.08 bits per heavy atom. The number of aryl methyl sites for hydroxylation is 2. The Morgan fingerprint density at radius 2 is 1.54 bits per heavy atom. The molecule has 0 atom stereocenters. The summed E-state index contributed by atoms with van der Waals surface area (Å²) in [7, 11) is -3.85. The van der Waals surface area contributed by atoms with Crippen molar-refractivity contribution in [2.45, 2.75) is 44.9 Å². The quantitative estimate of drug-likeness (QED) is 0.713. The largest absolute Gasteiger partial charge is 0.334 e. The third-order valence-electron chi connectivity index (χ3n) is 4.09. The van der Waals surface area contributed by atoms with Crippen molar-refractivity contribution in [3.05, 3.63) is 59.2 Å². The maximum Gasteiger partial charge on any atom is 0.334 e. The predicted molar refractivity (Wildman–Crippen MR) is 104 cm³/mol. The SMILES string of the molecule is Cc1ccc(NC(=O)NNS(=O)(=O)c2ccc(C(C)(C)C)cc2)cc1C. The van der Waals surface area contributed by atoms with Crippen LogP contribution in [0.1, 0.15) is 37.5 Å². The van der Waals surface area contributed by atoms with Crippen LogP contribution in [0, 0.1) is 13.8 Å². The minimum atomic E-state index is -3.85. The highest BCUT2D eigenvalue weighted by molar-refractivity contribution is 7.89. The van der Waals surface area contributed by atoms with Crippen molar-refractivity contribution in [2.75, 3.05) is 5.32 Å². The van der Waals surface area contributed by atoms with Gasteiger partial charge in [0.2, 0.25) is 0 Å². The number of anilines is 1. The molecule has 140 valence electrons. The van der Waals surface area contributed by atoms with Crippen LogP contribution in [0.4, 0.5) is 10.5 Å². The molecule has 6 nitrogen and oxygen atoms in total. The van der Waals surface area contributed by atoms with E-state index in [4.69, 9.17) is 0 Å². The first-order valence-electron chi connectivity index (χ1n) is 8.26. The highest BCUT2D eigenvalue weighted by Gasteiger charge is 2.18. The van der Waals surface area contributed by atoms with E-state index in [1.165, 1.54) is 12.1 Å². The number of urea groups is 1. The molecule has 0 spiro atoms. The average molecular weight is 375 g/mol. The molecule has 0 radical (unpaired) electrons. The molecule has 7 heteroatoms. The number of carbonyl (C=O) groups is 1. The fraction of sp³-hybridized carbons (Fsp3) is 0.316. The van der Waals surface area contributed by atoms with Crippen LogP contribution in [-0.2, 0) is 15.4 Å². The van der Waals surface area contributed by atoms with Gasteiger partial charge >= 0.3 is 6.03 Å². The summed E-state index contributed by atoms with van der Waals surface area (Å²) in [4.78, 5) is 14.1. The van der Waals surface area contributed by atoms with Gasteiger partial charge in [-0.05, 0) is 60.2 Å². The van der Waals surface area contributed by atoms with Crippen molar-refractivity contribution in [3.8, 4) is 0 Å². The number of carbonyl (C=O) groups excluding carboxylic acids is 1. The zero-order valence-corrected chi connectivity index (χ0v) is 16.5. The summed E-state index contributed by atoms with van der Waals surface area (Å²) in [6, 6.07) is 11.4. The number of sulfonamides is 1. The molecule has 0 fully saturated rings. The lowest BCUT2D eigenvalue weighted by Crippen LogP contribution is -2.43. The molecule has 0 saturated heterocycles. The molecule has 0 saturated carbocycles. The van der Waals surface area contributed by atoms with Crippen molar-refractivity contribution >= 4 is 21.7 Å². The van der Waals surface area contributed by atoms with Gasteiger partial charge in [-0.3, -0.25) is 5.43 Å². The first kappa shape index (κ1) is 19.9. The third-order valence-corrected chi connectivity index (χ3v) is 5.36. The zero-order valence-electron chi connectivity index (χ0n) is 15.7. The zero-order chi connectivity index (χ0) is 19.5. The number of amides is 2. The Bertz CT molecular complexity index is 899. The maximum atomic E-state index is 12.3. The number of hydrogen-bond acceptors (Lipinski definition) is 3. The molecule has 0 aliphatic rings. The summed E-state index contributed by atoms with van der Waals surface area (Å²) in [6.45, 7) is 10.1. The number of rotatable bonds is 4. The molecular weight excluding hydrogens is 350 g/mol. The standard InChI is InChI=1S/C19H25N3O3S/c1-13-6-9-16(12-14(13)2)20-18(23)21-22-26(24,25)17-10-7-15(8-11-17)19(3,4)5/h6-12,22H,1-5H3,(H2,20,21,23). The Kier molecular flexibility index (Phi) is 5.73. The Hall–Kier alpha value is -2.38. The molecule has 2 rings (SSSR count). The summed E-state index contributed by atoms with van der Waals surface area (Å²) >= 11 is 0. The van der Waals surface area contributed by atoms with Crippen LogP contribution in [0.3, 0.4) is 0 Å². The first-order chi connectivity index (χ1) is 12.0. The van der Waals surface area contributed by atoms with Crippen LogP contribution >= 0.6 is 0 Å². The average Bonchev–Trinajstić information content (AvgIpc) is 2.56. The van der Waals surface area contributed by atoms with Crippen LogP contribution in [-0.4, -0.2) is 14.4 Å². The lowest BCUT2D eigenvalue weighted by molar-refractivity contribution is 0.250. The third kappa shape index (κ3) is 5.06. The van der Waals surface area contributed by atoms with Gasteiger partial charge in [0.15, 0.2) is 0 Å². The van der Waals surface area contributed by atoms with E-state index < -0.39 is 16.1 Å². The van der Waals surface area contributed by atoms with Crippen molar-refractivity contribution in [2.24, 2.45) is 0 Å². The molecule has 0 aliphatic carbocycles. The topological polar surface area (TPSA) is 87.3 Å². The van der Waals surface area contributed by atoms with Gasteiger partial charge in [-0.15, -0.1) is 4.83 Å². The normalized spacial score (nSPS) is 11.9. The van der Waals surface area contributed by atoms with E-state index in [9.17, 15) is 13.2 Å². The van der Waals surface area contributed by atoms with Crippen LogP contribution in [0.2, 0.25) is 0 Å². The van der Waals surface area contributed by atoms with Gasteiger partial charge in [-0.25, -0.2) is 13.2 Å². The van der Waals surface area contributed by atoms with E-state index >= 15 is 0 Å². The van der Waals surface area contributed by atoms with Gasteiger partial charge in [0.25, 0.3) is 10.0 Å². The summed E-state index contributed by atoms with van der Waals surface area (Å²) in [6.07, 6.45) is 0. The van der Waals surface area contributed by atoms with Gasteiger partial charge in [-0.1, -0.05) is 39.0 Å². The van der Waals surface area contributed by atoms with E-state index in [0.29, 0.717) is 5.69 Å². The number of benzene rings is 2. The number of nitrogens with one attached hydrogen (secondary N) is 3. The molecule has 2 aromatic rings. The summed E-state index contributed by atoms with van der Waals surface area (Å²) in [5.74, 6) is 0. The Labute approximate surface area is 155 Å². The van der Waals surface area contributed by atoms with E-state index in [0.717, 1.165) is 16.7 Å². The van der Waals surface area contributed by atoms with Crippen LogP contribution in [0.5, 0.6) is 0 Å². The molecule has 0 unspecified atom stereocenters. The van der Waals surface area contributed by atoms with Crippen molar-refractivity contribution in [3.63, 3.8) is 0 Å². The molecule has 0 aliphatic heterocycles. The highest BCUT2D eigenvalue weighted by Crippen LogP contribution is 2.23. The van der Waals surface area contributed by atoms with Crippen molar-refractivity contribution in [1.82, 2.24) is 10.3 Å². The molecule has 2 amide bonds. The maximum absolute atomic E-state index is 12.3. The van der Waals surface area contributed by atoms with Crippen molar-refractivity contribution in [1.29, 1.82) is 0 Å². The Morgan fingerprint density at radius 1 is 0.923 bits per heavy atom. The molecular formula is C19H25N3O3S. The van der Waals surface area contributed by atoms with Gasteiger partial charge in [0.1, 0.15) is 0 Å². The smallest absolute Gasteiger partial charge is 0.307 e. The lowest BCUT2D eigenvalue weighted by atomic mass is 9.87. The Balaban J connectivity index is 2.00. The predicted octanol–water partition coefficient (Wildman–Crippen LogP) is 3.62. The van der Waals surface area contributed by atoms with Crippen LogP contribution < -0.4 is 15.6 Å². The second-order valence-electron chi connectivity index (χ2n) is 7.26. The van der Waals surface area contributed by atoms with Crippen molar-refractivity contribution < 1.29 is 13.2 Å². The van der Waals surface area contributed by atoms with Gasteiger partial charge in [0.05, 0.1) is 4.90 Å². The fourth-order valence-corrected chi connectivity index (χ4v) is 3.13. The molecule has 26 heavy (non-hydrogen) atoms.